The molecule has 3 rings (SSSR count). The molecule has 2 aliphatic heterocycles. The van der Waals surface area contributed by atoms with Gasteiger partial charge in [-0.05, 0) is 12.1 Å². The lowest BCUT2D eigenvalue weighted by Gasteiger charge is -2.36. The Morgan fingerprint density at radius 1 is 1.29 bits per heavy atom. The van der Waals surface area contributed by atoms with E-state index in [1.54, 1.807) is 0 Å². The van der Waals surface area contributed by atoms with Crippen LogP contribution in [0.25, 0.3) is 0 Å². The molecule has 17 heavy (non-hydrogen) atoms. The second kappa shape index (κ2) is 4.42. The molecule has 1 aromatic carbocycles. The number of para-hydroxylation sites is 1. The summed E-state index contributed by atoms with van der Waals surface area (Å²) in [5.41, 5.74) is 4.15. The third-order valence-corrected chi connectivity index (χ3v) is 3.75. The smallest absolute Gasteiger partial charge is 0.157 e. The lowest BCUT2D eigenvalue weighted by Crippen LogP contribution is -2.61. The molecule has 3 N–H and O–H groups in total. The number of hydrazine groups is 1. The Kier molecular flexibility index (Phi) is 2.92. The number of hydrogen-bond acceptors (Lipinski definition) is 4. The molecule has 0 saturated carbocycles. The van der Waals surface area contributed by atoms with Gasteiger partial charge in [0.25, 0.3) is 0 Å². The maximum Gasteiger partial charge on any atom is 0.157 e. The molecular formula is C11H13ClN4S. The zero-order valence-corrected chi connectivity index (χ0v) is 10.6. The molecule has 0 amide bonds. The van der Waals surface area contributed by atoms with Crippen LogP contribution in [0.5, 0.6) is 0 Å². The second-order valence-electron chi connectivity index (χ2n) is 4.16. The highest BCUT2D eigenvalue weighted by atomic mass is 35.5. The molecule has 90 valence electrons. The first-order valence-electron chi connectivity index (χ1n) is 5.54. The van der Waals surface area contributed by atoms with E-state index < -0.39 is 0 Å². The number of nitrogens with one attached hydrogen (secondary N) is 3. The number of benzene rings is 1. The molecule has 1 aromatic rings. The van der Waals surface area contributed by atoms with E-state index >= 15 is 0 Å². The van der Waals surface area contributed by atoms with E-state index in [4.69, 9.17) is 23.8 Å². The molecule has 0 aromatic heterocycles. The van der Waals surface area contributed by atoms with Gasteiger partial charge in [-0.3, -0.25) is 10.3 Å². The summed E-state index contributed by atoms with van der Waals surface area (Å²) in [6.45, 7) is 0.821. The fourth-order valence-electron chi connectivity index (χ4n) is 2.28. The molecule has 2 heterocycles. The highest BCUT2D eigenvalue weighted by Crippen LogP contribution is 2.25. The SMILES string of the molecule is S=C1NC(Cl)NC2C1CNN2c1ccccc1. The lowest BCUT2D eigenvalue weighted by atomic mass is 10.1. The van der Waals surface area contributed by atoms with Crippen molar-refractivity contribution < 1.29 is 0 Å². The van der Waals surface area contributed by atoms with Crippen molar-refractivity contribution in [2.24, 2.45) is 5.92 Å². The average Bonchev–Trinajstić information content (AvgIpc) is 2.74. The van der Waals surface area contributed by atoms with E-state index in [2.05, 4.69) is 33.2 Å². The Bertz CT molecular complexity index is 427. The molecule has 6 heteroatoms. The van der Waals surface area contributed by atoms with Gasteiger partial charge in [-0.2, -0.15) is 0 Å². The second-order valence-corrected chi connectivity index (χ2v) is 5.03. The van der Waals surface area contributed by atoms with Gasteiger partial charge in [0.1, 0.15) is 6.17 Å². The standard InChI is InChI=1S/C11H13ClN4S/c12-11-14-9-8(10(17)15-11)6-13-16(9)7-4-2-1-3-5-7/h1-5,8-9,11,13-14H,6H2,(H,15,17). The number of halogens is 1. The van der Waals surface area contributed by atoms with E-state index in [-0.39, 0.29) is 17.7 Å². The van der Waals surface area contributed by atoms with Gasteiger partial charge in [0.05, 0.1) is 16.6 Å². The molecule has 3 atom stereocenters. The Labute approximate surface area is 110 Å². The van der Waals surface area contributed by atoms with Gasteiger partial charge in [-0.1, -0.05) is 42.0 Å². The minimum Gasteiger partial charge on any atom is -0.351 e. The Morgan fingerprint density at radius 2 is 2.06 bits per heavy atom. The summed E-state index contributed by atoms with van der Waals surface area (Å²) in [6, 6.07) is 10.2. The van der Waals surface area contributed by atoms with Crippen molar-refractivity contribution in [1.29, 1.82) is 0 Å². The molecule has 0 aliphatic carbocycles. The number of fused-ring (bicyclic) bond motifs is 1. The van der Waals surface area contributed by atoms with Crippen molar-refractivity contribution in [2.75, 3.05) is 11.6 Å². The lowest BCUT2D eigenvalue weighted by molar-refractivity contribution is 0.413. The van der Waals surface area contributed by atoms with Gasteiger partial charge in [-0.25, -0.2) is 5.43 Å². The molecule has 4 nitrogen and oxygen atoms in total. The molecule has 0 bridgehead atoms. The maximum absolute atomic E-state index is 6.07. The first-order valence-corrected chi connectivity index (χ1v) is 6.38. The van der Waals surface area contributed by atoms with Crippen LogP contribution in [-0.2, 0) is 0 Å². The molecule has 2 aliphatic rings. The van der Waals surface area contributed by atoms with Crippen LogP contribution in [0.2, 0.25) is 0 Å². The van der Waals surface area contributed by atoms with Crippen LogP contribution in [0.4, 0.5) is 5.69 Å². The van der Waals surface area contributed by atoms with Crippen molar-refractivity contribution >= 4 is 34.5 Å². The highest BCUT2D eigenvalue weighted by molar-refractivity contribution is 7.80. The van der Waals surface area contributed by atoms with Gasteiger partial charge in [-0.15, -0.1) is 0 Å². The zero-order chi connectivity index (χ0) is 11.8. The monoisotopic (exact) mass is 268 g/mol. The summed E-state index contributed by atoms with van der Waals surface area (Å²) >= 11 is 11.4. The fraction of sp³-hybridized carbons (Fsp3) is 0.364. The molecule has 2 saturated heterocycles. The number of nitrogens with zero attached hydrogens (tertiary/aromatic N) is 1. The molecule has 0 spiro atoms. The Hall–Kier alpha value is -0.880. The minimum atomic E-state index is -0.310. The van der Waals surface area contributed by atoms with Gasteiger partial charge < -0.3 is 5.32 Å². The topological polar surface area (TPSA) is 39.3 Å². The number of anilines is 1. The number of rotatable bonds is 1. The maximum atomic E-state index is 6.07. The third kappa shape index (κ3) is 1.99. The van der Waals surface area contributed by atoms with E-state index in [1.807, 2.05) is 18.2 Å². The minimum absolute atomic E-state index is 0.105. The van der Waals surface area contributed by atoms with Gasteiger partial charge in [0.2, 0.25) is 0 Å². The normalized spacial score (nSPS) is 32.2. The van der Waals surface area contributed by atoms with Gasteiger partial charge >= 0.3 is 0 Å². The highest BCUT2D eigenvalue weighted by Gasteiger charge is 2.41. The van der Waals surface area contributed by atoms with Crippen LogP contribution >= 0.6 is 23.8 Å². The predicted molar refractivity (Wildman–Crippen MR) is 72.7 cm³/mol. The van der Waals surface area contributed by atoms with Crippen LogP contribution in [0.1, 0.15) is 0 Å². The molecular weight excluding hydrogens is 256 g/mol. The first kappa shape index (κ1) is 11.2. The first-order chi connectivity index (χ1) is 8.25. The summed E-state index contributed by atoms with van der Waals surface area (Å²) in [5, 5.41) is 8.42. The Balaban J connectivity index is 1.87. The van der Waals surface area contributed by atoms with E-state index in [0.717, 1.165) is 17.2 Å². The van der Waals surface area contributed by atoms with E-state index in [9.17, 15) is 0 Å². The summed E-state index contributed by atoms with van der Waals surface area (Å²) in [7, 11) is 0. The molecule has 2 fully saturated rings. The average molecular weight is 269 g/mol. The van der Waals surface area contributed by atoms with E-state index in [0.29, 0.717) is 0 Å². The van der Waals surface area contributed by atoms with Crippen molar-refractivity contribution in [3.05, 3.63) is 30.3 Å². The third-order valence-electron chi connectivity index (χ3n) is 3.10. The summed E-state index contributed by atoms with van der Waals surface area (Å²) in [6.07, 6.45) is 0.105. The van der Waals surface area contributed by atoms with Crippen molar-refractivity contribution in [3.63, 3.8) is 0 Å². The molecule has 0 radical (unpaired) electrons. The van der Waals surface area contributed by atoms with Crippen LogP contribution in [0, 0.1) is 5.92 Å². The number of hydrogen-bond donors (Lipinski definition) is 3. The number of thiocarbonyl (C=S) groups is 1. The van der Waals surface area contributed by atoms with Crippen molar-refractivity contribution in [3.8, 4) is 0 Å². The number of alkyl halides is 1. The van der Waals surface area contributed by atoms with Crippen LogP contribution in [0.3, 0.4) is 0 Å². The van der Waals surface area contributed by atoms with Gasteiger partial charge in [0.15, 0.2) is 5.62 Å². The predicted octanol–water partition coefficient (Wildman–Crippen LogP) is 0.996. The summed E-state index contributed by atoms with van der Waals surface area (Å²) in [5.74, 6) is 0.250. The van der Waals surface area contributed by atoms with Crippen LogP contribution in [0.15, 0.2) is 30.3 Å². The largest absolute Gasteiger partial charge is 0.351 e. The fourth-order valence-corrected chi connectivity index (χ4v) is 2.92. The van der Waals surface area contributed by atoms with Crippen LogP contribution < -0.4 is 21.1 Å². The van der Waals surface area contributed by atoms with E-state index in [1.165, 1.54) is 0 Å². The quantitative estimate of drug-likeness (QED) is 0.403. The summed E-state index contributed by atoms with van der Waals surface area (Å²) in [4.78, 5) is 0.819. The molecule has 3 unspecified atom stereocenters. The van der Waals surface area contributed by atoms with Crippen molar-refractivity contribution in [2.45, 2.75) is 11.8 Å². The van der Waals surface area contributed by atoms with Crippen molar-refractivity contribution in [1.82, 2.24) is 16.1 Å². The Morgan fingerprint density at radius 3 is 2.82 bits per heavy atom. The van der Waals surface area contributed by atoms with Crippen LogP contribution in [-0.4, -0.2) is 23.3 Å². The van der Waals surface area contributed by atoms with Gasteiger partial charge in [0, 0.05) is 6.54 Å². The zero-order valence-electron chi connectivity index (χ0n) is 9.06. The summed E-state index contributed by atoms with van der Waals surface area (Å²) < 4.78 is 0.